The molecule has 0 spiro atoms. The lowest BCUT2D eigenvalue weighted by Crippen LogP contribution is -2.38. The highest BCUT2D eigenvalue weighted by atomic mass is 16.5. The summed E-state index contributed by atoms with van der Waals surface area (Å²) in [7, 11) is 0. The maximum Gasteiger partial charge on any atom is 0.133 e. The monoisotopic (exact) mass is 289 g/mol. The van der Waals surface area contributed by atoms with Crippen LogP contribution in [0.25, 0.3) is 0 Å². The third kappa shape index (κ3) is 3.95. The van der Waals surface area contributed by atoms with Crippen molar-refractivity contribution in [3.8, 4) is 0 Å². The van der Waals surface area contributed by atoms with Gasteiger partial charge >= 0.3 is 0 Å². The third-order valence-corrected chi connectivity index (χ3v) is 4.78. The van der Waals surface area contributed by atoms with Gasteiger partial charge in [-0.05, 0) is 37.7 Å². The zero-order chi connectivity index (χ0) is 14.5. The van der Waals surface area contributed by atoms with Crippen molar-refractivity contribution in [3.05, 3.63) is 23.9 Å². The number of aromatic nitrogens is 1. The van der Waals surface area contributed by atoms with Gasteiger partial charge in [0.25, 0.3) is 0 Å². The van der Waals surface area contributed by atoms with E-state index in [-0.39, 0.29) is 0 Å². The first-order chi connectivity index (χ1) is 10.3. The SMILES string of the molecule is CC1CCC(NCc2cccnc2N2CCOCC2)CC1. The maximum absolute atomic E-state index is 5.44. The van der Waals surface area contributed by atoms with Gasteiger partial charge in [0.2, 0.25) is 0 Å². The van der Waals surface area contributed by atoms with Crippen LogP contribution >= 0.6 is 0 Å². The smallest absolute Gasteiger partial charge is 0.133 e. The first kappa shape index (κ1) is 14.8. The molecule has 4 heteroatoms. The van der Waals surface area contributed by atoms with Gasteiger partial charge in [-0.3, -0.25) is 0 Å². The van der Waals surface area contributed by atoms with Crippen LogP contribution in [0, 0.1) is 5.92 Å². The van der Waals surface area contributed by atoms with Crippen LogP contribution in [0.3, 0.4) is 0 Å². The number of ether oxygens (including phenoxy) is 1. The number of morpholine rings is 1. The molecule has 4 nitrogen and oxygen atoms in total. The van der Waals surface area contributed by atoms with E-state index in [0.29, 0.717) is 6.04 Å². The number of hydrogen-bond donors (Lipinski definition) is 1. The molecule has 21 heavy (non-hydrogen) atoms. The molecule has 1 saturated heterocycles. The Morgan fingerprint density at radius 3 is 2.76 bits per heavy atom. The molecule has 3 rings (SSSR count). The Kier molecular flexibility index (Phi) is 5.09. The molecule has 1 N–H and O–H groups in total. The molecule has 2 aliphatic rings. The Hall–Kier alpha value is -1.13. The van der Waals surface area contributed by atoms with Crippen LogP contribution in [0.5, 0.6) is 0 Å². The second-order valence-electron chi connectivity index (χ2n) is 6.42. The Morgan fingerprint density at radius 2 is 2.00 bits per heavy atom. The van der Waals surface area contributed by atoms with E-state index in [9.17, 15) is 0 Å². The lowest BCUT2D eigenvalue weighted by molar-refractivity contribution is 0.122. The first-order valence-electron chi connectivity index (χ1n) is 8.33. The van der Waals surface area contributed by atoms with Crippen LogP contribution in [-0.4, -0.2) is 37.3 Å². The Morgan fingerprint density at radius 1 is 1.24 bits per heavy atom. The van der Waals surface area contributed by atoms with Crippen LogP contribution in [-0.2, 0) is 11.3 Å². The summed E-state index contributed by atoms with van der Waals surface area (Å²) in [6.07, 6.45) is 7.25. The fourth-order valence-electron chi connectivity index (χ4n) is 3.35. The lowest BCUT2D eigenvalue weighted by atomic mass is 9.87. The van der Waals surface area contributed by atoms with Gasteiger partial charge in [-0.1, -0.05) is 13.0 Å². The molecule has 2 fully saturated rings. The van der Waals surface area contributed by atoms with Crippen LogP contribution in [0.15, 0.2) is 18.3 Å². The van der Waals surface area contributed by atoms with Crippen molar-refractivity contribution in [2.75, 3.05) is 31.2 Å². The second-order valence-corrected chi connectivity index (χ2v) is 6.42. The summed E-state index contributed by atoms with van der Waals surface area (Å²) < 4.78 is 5.44. The largest absolute Gasteiger partial charge is 0.378 e. The number of pyridine rings is 1. The highest BCUT2D eigenvalue weighted by Crippen LogP contribution is 2.24. The summed E-state index contributed by atoms with van der Waals surface area (Å²) in [6, 6.07) is 4.93. The third-order valence-electron chi connectivity index (χ3n) is 4.78. The molecule has 2 heterocycles. The van der Waals surface area contributed by atoms with E-state index in [2.05, 4.69) is 28.2 Å². The number of hydrogen-bond acceptors (Lipinski definition) is 4. The van der Waals surface area contributed by atoms with Gasteiger partial charge in [0, 0.05) is 37.4 Å². The molecule has 0 aromatic carbocycles. The topological polar surface area (TPSA) is 37.4 Å². The number of nitrogens with one attached hydrogen (secondary N) is 1. The van der Waals surface area contributed by atoms with E-state index in [1.54, 1.807) is 0 Å². The van der Waals surface area contributed by atoms with Crippen LogP contribution in [0.2, 0.25) is 0 Å². The second kappa shape index (κ2) is 7.23. The van der Waals surface area contributed by atoms with Crippen LogP contribution in [0.1, 0.15) is 38.2 Å². The average Bonchev–Trinajstić information content (AvgIpc) is 2.55. The van der Waals surface area contributed by atoms with Crippen molar-refractivity contribution in [2.24, 2.45) is 5.92 Å². The maximum atomic E-state index is 5.44. The van der Waals surface area contributed by atoms with Gasteiger partial charge < -0.3 is 15.0 Å². The van der Waals surface area contributed by atoms with Gasteiger partial charge in [0.15, 0.2) is 0 Å². The van der Waals surface area contributed by atoms with E-state index in [1.807, 2.05) is 12.3 Å². The van der Waals surface area contributed by atoms with Gasteiger partial charge in [-0.15, -0.1) is 0 Å². The number of nitrogens with zero attached hydrogens (tertiary/aromatic N) is 2. The van der Waals surface area contributed by atoms with E-state index in [1.165, 1.54) is 31.2 Å². The predicted octanol–water partition coefficient (Wildman–Crippen LogP) is 2.59. The van der Waals surface area contributed by atoms with Gasteiger partial charge in [-0.25, -0.2) is 4.98 Å². The molecule has 1 saturated carbocycles. The standard InChI is InChI=1S/C17H27N3O/c1-14-4-6-16(7-5-14)19-13-15-3-2-8-18-17(15)20-9-11-21-12-10-20/h2-3,8,14,16,19H,4-7,9-13H2,1H3. The molecule has 1 aliphatic heterocycles. The summed E-state index contributed by atoms with van der Waals surface area (Å²) in [5.41, 5.74) is 1.32. The minimum absolute atomic E-state index is 0.680. The number of rotatable bonds is 4. The molecule has 1 aromatic rings. The van der Waals surface area contributed by atoms with Crippen molar-refractivity contribution in [1.29, 1.82) is 0 Å². The molecule has 0 atom stereocenters. The fourth-order valence-corrected chi connectivity index (χ4v) is 3.35. The number of anilines is 1. The van der Waals surface area contributed by atoms with Crippen LogP contribution in [0.4, 0.5) is 5.82 Å². The Balaban J connectivity index is 1.59. The fraction of sp³-hybridized carbons (Fsp3) is 0.706. The first-order valence-corrected chi connectivity index (χ1v) is 8.33. The molecule has 0 radical (unpaired) electrons. The van der Waals surface area contributed by atoms with Crippen molar-refractivity contribution in [3.63, 3.8) is 0 Å². The van der Waals surface area contributed by atoms with Crippen molar-refractivity contribution >= 4 is 5.82 Å². The van der Waals surface area contributed by atoms with Crippen molar-refractivity contribution < 1.29 is 4.74 Å². The highest BCUT2D eigenvalue weighted by molar-refractivity contribution is 5.47. The molecule has 1 aromatic heterocycles. The molecule has 0 unspecified atom stereocenters. The van der Waals surface area contributed by atoms with E-state index >= 15 is 0 Å². The quantitative estimate of drug-likeness (QED) is 0.924. The van der Waals surface area contributed by atoms with Crippen LogP contribution < -0.4 is 10.2 Å². The normalized spacial score (nSPS) is 26.8. The zero-order valence-corrected chi connectivity index (χ0v) is 13.1. The summed E-state index contributed by atoms with van der Waals surface area (Å²) in [4.78, 5) is 6.96. The average molecular weight is 289 g/mol. The van der Waals surface area contributed by atoms with Crippen molar-refractivity contribution in [2.45, 2.75) is 45.2 Å². The summed E-state index contributed by atoms with van der Waals surface area (Å²) in [5.74, 6) is 2.04. The highest BCUT2D eigenvalue weighted by Gasteiger charge is 2.19. The molecule has 0 bridgehead atoms. The van der Waals surface area contributed by atoms with Gasteiger partial charge in [0.1, 0.15) is 5.82 Å². The molecule has 0 amide bonds. The predicted molar refractivity (Wildman–Crippen MR) is 85.5 cm³/mol. The van der Waals surface area contributed by atoms with E-state index in [0.717, 1.165) is 44.6 Å². The Bertz CT molecular complexity index is 437. The lowest BCUT2D eigenvalue weighted by Gasteiger charge is -2.30. The Labute approximate surface area is 127 Å². The molecular weight excluding hydrogens is 262 g/mol. The molecular formula is C17H27N3O. The molecule has 1 aliphatic carbocycles. The zero-order valence-electron chi connectivity index (χ0n) is 13.1. The summed E-state index contributed by atoms with van der Waals surface area (Å²) in [5, 5.41) is 3.74. The summed E-state index contributed by atoms with van der Waals surface area (Å²) >= 11 is 0. The minimum atomic E-state index is 0.680. The van der Waals surface area contributed by atoms with E-state index in [4.69, 9.17) is 4.74 Å². The van der Waals surface area contributed by atoms with Gasteiger partial charge in [-0.2, -0.15) is 0 Å². The van der Waals surface area contributed by atoms with Crippen molar-refractivity contribution in [1.82, 2.24) is 10.3 Å². The van der Waals surface area contributed by atoms with Gasteiger partial charge in [0.05, 0.1) is 13.2 Å². The minimum Gasteiger partial charge on any atom is -0.378 e. The summed E-state index contributed by atoms with van der Waals surface area (Å²) in [6.45, 7) is 6.82. The van der Waals surface area contributed by atoms with E-state index < -0.39 is 0 Å². The molecule has 116 valence electrons.